The number of furan rings is 1. The molecule has 2 heteroatoms. The SMILES string of the molecule is Cc1coc2c1C(=O)C(C)(C)C(C)(C)C2. The van der Waals surface area contributed by atoms with Crippen LogP contribution in [0, 0.1) is 17.8 Å². The molecular weight excluding hydrogens is 188 g/mol. The standard InChI is InChI=1S/C13H18O2/c1-8-7-15-9-6-12(2,3)13(4,5)11(14)10(8)9/h7H,6H2,1-5H3. The van der Waals surface area contributed by atoms with Crippen molar-refractivity contribution in [2.45, 2.75) is 41.0 Å². The molecule has 1 aliphatic carbocycles. The number of aryl methyl sites for hydroxylation is 1. The lowest BCUT2D eigenvalue weighted by molar-refractivity contribution is 0.0506. The zero-order chi connectivity index (χ0) is 11.4. The van der Waals surface area contributed by atoms with Crippen LogP contribution in [0.15, 0.2) is 10.7 Å². The molecule has 0 fully saturated rings. The molecule has 0 aromatic carbocycles. The maximum Gasteiger partial charge on any atom is 0.172 e. The van der Waals surface area contributed by atoms with Crippen LogP contribution < -0.4 is 0 Å². The van der Waals surface area contributed by atoms with Gasteiger partial charge in [0.2, 0.25) is 0 Å². The fourth-order valence-corrected chi connectivity index (χ4v) is 2.18. The summed E-state index contributed by atoms with van der Waals surface area (Å²) in [5.41, 5.74) is 1.44. The second-order valence-corrected chi connectivity index (χ2v) is 5.73. The molecule has 0 atom stereocenters. The molecule has 82 valence electrons. The first-order chi connectivity index (χ1) is 6.77. The summed E-state index contributed by atoms with van der Waals surface area (Å²) >= 11 is 0. The largest absolute Gasteiger partial charge is 0.468 e. The van der Waals surface area contributed by atoms with Gasteiger partial charge in [0.1, 0.15) is 5.76 Å². The predicted octanol–water partition coefficient (Wildman–Crippen LogP) is 3.38. The van der Waals surface area contributed by atoms with Gasteiger partial charge in [-0.2, -0.15) is 0 Å². The van der Waals surface area contributed by atoms with Crippen molar-refractivity contribution in [2.75, 3.05) is 0 Å². The summed E-state index contributed by atoms with van der Waals surface area (Å²) in [5.74, 6) is 1.09. The molecule has 0 saturated heterocycles. The van der Waals surface area contributed by atoms with E-state index >= 15 is 0 Å². The number of carbonyl (C=O) groups is 1. The Balaban J connectivity index is 2.64. The fraction of sp³-hybridized carbons (Fsp3) is 0.615. The number of rotatable bonds is 0. The van der Waals surface area contributed by atoms with Crippen LogP contribution in [0.1, 0.15) is 49.4 Å². The Hall–Kier alpha value is -1.05. The molecule has 0 saturated carbocycles. The lowest BCUT2D eigenvalue weighted by Crippen LogP contribution is -2.45. The minimum atomic E-state index is -0.311. The Bertz CT molecular complexity index is 422. The molecule has 1 aromatic rings. The van der Waals surface area contributed by atoms with Crippen LogP contribution in [0.5, 0.6) is 0 Å². The van der Waals surface area contributed by atoms with E-state index in [0.717, 1.165) is 23.3 Å². The van der Waals surface area contributed by atoms with Crippen LogP contribution in [0.3, 0.4) is 0 Å². The number of hydrogen-bond acceptors (Lipinski definition) is 2. The highest BCUT2D eigenvalue weighted by molar-refractivity contribution is 6.03. The van der Waals surface area contributed by atoms with E-state index in [2.05, 4.69) is 13.8 Å². The summed E-state index contributed by atoms with van der Waals surface area (Å²) < 4.78 is 5.47. The third kappa shape index (κ3) is 1.20. The van der Waals surface area contributed by atoms with Crippen molar-refractivity contribution in [3.63, 3.8) is 0 Å². The molecule has 2 nitrogen and oxygen atoms in total. The first kappa shape index (κ1) is 10.5. The summed E-state index contributed by atoms with van der Waals surface area (Å²) in [6.45, 7) is 10.3. The van der Waals surface area contributed by atoms with Crippen molar-refractivity contribution in [2.24, 2.45) is 10.8 Å². The van der Waals surface area contributed by atoms with E-state index < -0.39 is 0 Å². The van der Waals surface area contributed by atoms with Gasteiger partial charge in [-0.15, -0.1) is 0 Å². The van der Waals surface area contributed by atoms with E-state index in [-0.39, 0.29) is 16.6 Å². The van der Waals surface area contributed by atoms with E-state index in [0.29, 0.717) is 0 Å². The smallest absolute Gasteiger partial charge is 0.172 e. The molecule has 0 aliphatic heterocycles. The van der Waals surface area contributed by atoms with Crippen molar-refractivity contribution in [1.82, 2.24) is 0 Å². The maximum absolute atomic E-state index is 12.4. The lowest BCUT2D eigenvalue weighted by atomic mass is 9.59. The van der Waals surface area contributed by atoms with Gasteiger partial charge < -0.3 is 4.42 Å². The minimum Gasteiger partial charge on any atom is -0.468 e. The molecule has 0 unspecified atom stereocenters. The van der Waals surface area contributed by atoms with Gasteiger partial charge in [-0.05, 0) is 17.9 Å². The predicted molar refractivity (Wildman–Crippen MR) is 59.0 cm³/mol. The van der Waals surface area contributed by atoms with Crippen molar-refractivity contribution >= 4 is 5.78 Å². The van der Waals surface area contributed by atoms with Crippen molar-refractivity contribution in [3.8, 4) is 0 Å². The Morgan fingerprint density at radius 1 is 1.27 bits per heavy atom. The van der Waals surface area contributed by atoms with Crippen LogP contribution in [0.25, 0.3) is 0 Å². The number of hydrogen-bond donors (Lipinski definition) is 0. The Labute approximate surface area is 90.7 Å². The Morgan fingerprint density at radius 3 is 2.47 bits per heavy atom. The van der Waals surface area contributed by atoms with Crippen LogP contribution in [0.2, 0.25) is 0 Å². The molecular formula is C13H18O2. The van der Waals surface area contributed by atoms with Crippen molar-refractivity contribution in [3.05, 3.63) is 23.2 Å². The maximum atomic E-state index is 12.4. The van der Waals surface area contributed by atoms with Crippen LogP contribution >= 0.6 is 0 Å². The molecule has 0 bridgehead atoms. The molecule has 1 heterocycles. The molecule has 1 aromatic heterocycles. The number of fused-ring (bicyclic) bond motifs is 1. The quantitative estimate of drug-likeness (QED) is 0.651. The highest BCUT2D eigenvalue weighted by atomic mass is 16.3. The van der Waals surface area contributed by atoms with Gasteiger partial charge >= 0.3 is 0 Å². The molecule has 0 N–H and O–H groups in total. The van der Waals surface area contributed by atoms with E-state index in [9.17, 15) is 4.79 Å². The summed E-state index contributed by atoms with van der Waals surface area (Å²) in [5, 5.41) is 0. The van der Waals surface area contributed by atoms with E-state index in [1.165, 1.54) is 0 Å². The van der Waals surface area contributed by atoms with Gasteiger partial charge in [-0.25, -0.2) is 0 Å². The van der Waals surface area contributed by atoms with Gasteiger partial charge in [0.05, 0.1) is 11.8 Å². The van der Waals surface area contributed by atoms with Crippen LogP contribution in [-0.4, -0.2) is 5.78 Å². The average molecular weight is 206 g/mol. The topological polar surface area (TPSA) is 30.2 Å². The normalized spacial score (nSPS) is 22.6. The zero-order valence-corrected chi connectivity index (χ0v) is 10.1. The van der Waals surface area contributed by atoms with E-state index in [1.54, 1.807) is 6.26 Å². The highest BCUT2D eigenvalue weighted by Crippen LogP contribution is 2.48. The molecule has 0 spiro atoms. The molecule has 15 heavy (non-hydrogen) atoms. The van der Waals surface area contributed by atoms with Crippen LogP contribution in [0.4, 0.5) is 0 Å². The molecule has 2 rings (SSSR count). The third-order valence-corrected chi connectivity index (χ3v) is 4.14. The summed E-state index contributed by atoms with van der Waals surface area (Å²) in [6.07, 6.45) is 2.54. The first-order valence-electron chi connectivity index (χ1n) is 5.39. The summed E-state index contributed by atoms with van der Waals surface area (Å²) in [7, 11) is 0. The molecule has 1 aliphatic rings. The lowest BCUT2D eigenvalue weighted by Gasteiger charge is -2.43. The van der Waals surface area contributed by atoms with Gasteiger partial charge in [0.25, 0.3) is 0 Å². The first-order valence-corrected chi connectivity index (χ1v) is 5.39. The van der Waals surface area contributed by atoms with Gasteiger partial charge in [0, 0.05) is 11.8 Å². The highest BCUT2D eigenvalue weighted by Gasteiger charge is 2.49. The third-order valence-electron chi connectivity index (χ3n) is 4.14. The molecule has 0 amide bonds. The second-order valence-electron chi connectivity index (χ2n) is 5.73. The summed E-state index contributed by atoms with van der Waals surface area (Å²) in [4.78, 5) is 12.4. The number of ketones is 1. The van der Waals surface area contributed by atoms with E-state index in [1.807, 2.05) is 20.8 Å². The Morgan fingerprint density at radius 2 is 1.87 bits per heavy atom. The van der Waals surface area contributed by atoms with Crippen molar-refractivity contribution < 1.29 is 9.21 Å². The average Bonchev–Trinajstić information content (AvgIpc) is 2.43. The van der Waals surface area contributed by atoms with Crippen LogP contribution in [-0.2, 0) is 6.42 Å². The fourth-order valence-electron chi connectivity index (χ4n) is 2.18. The number of Topliss-reactive ketones (excluding diaryl/α,β-unsaturated/α-hetero) is 1. The second kappa shape index (κ2) is 2.75. The number of carbonyl (C=O) groups excluding carboxylic acids is 1. The Kier molecular flexibility index (Phi) is 1.92. The molecule has 0 radical (unpaired) electrons. The van der Waals surface area contributed by atoms with Gasteiger partial charge in [0.15, 0.2) is 5.78 Å². The zero-order valence-electron chi connectivity index (χ0n) is 10.1. The minimum absolute atomic E-state index is 0.0403. The van der Waals surface area contributed by atoms with E-state index in [4.69, 9.17) is 4.42 Å². The van der Waals surface area contributed by atoms with Crippen molar-refractivity contribution in [1.29, 1.82) is 0 Å². The summed E-state index contributed by atoms with van der Waals surface area (Å²) in [6, 6.07) is 0. The monoisotopic (exact) mass is 206 g/mol. The van der Waals surface area contributed by atoms with Gasteiger partial charge in [-0.3, -0.25) is 4.79 Å². The van der Waals surface area contributed by atoms with Gasteiger partial charge in [-0.1, -0.05) is 27.7 Å².